The van der Waals surface area contributed by atoms with E-state index in [0.717, 1.165) is 16.7 Å². The van der Waals surface area contributed by atoms with E-state index in [-0.39, 0.29) is 24.8 Å². The monoisotopic (exact) mass is 450 g/mol. The zero-order chi connectivity index (χ0) is 22.9. The molecule has 0 aromatic heterocycles. The molecular formula is C26H27ClN2O3. The Kier molecular flexibility index (Phi) is 8.28. The van der Waals surface area contributed by atoms with Crippen LogP contribution in [0.1, 0.15) is 16.7 Å². The van der Waals surface area contributed by atoms with Crippen LogP contribution in [0.2, 0.25) is 5.02 Å². The molecule has 6 heteroatoms. The van der Waals surface area contributed by atoms with E-state index in [1.54, 1.807) is 31.2 Å². The fourth-order valence-corrected chi connectivity index (χ4v) is 3.69. The minimum atomic E-state index is -0.659. The molecule has 0 saturated heterocycles. The van der Waals surface area contributed by atoms with E-state index in [2.05, 4.69) is 5.32 Å². The van der Waals surface area contributed by atoms with Crippen molar-refractivity contribution in [2.45, 2.75) is 25.4 Å². The summed E-state index contributed by atoms with van der Waals surface area (Å²) < 4.78 is 5.33. The van der Waals surface area contributed by atoms with Crippen molar-refractivity contribution in [2.75, 3.05) is 14.2 Å². The molecule has 1 N–H and O–H groups in total. The summed E-state index contributed by atoms with van der Waals surface area (Å²) in [6.07, 6.45) is 0.584. The fourth-order valence-electron chi connectivity index (χ4n) is 3.57. The first-order valence-corrected chi connectivity index (χ1v) is 10.8. The number of carbonyl (C=O) groups excluding carboxylic acids is 2. The third kappa shape index (κ3) is 6.34. The molecule has 166 valence electrons. The molecule has 0 heterocycles. The number of benzene rings is 3. The SMILES string of the molecule is CNC(=O)[C@@H](Cc1ccccc1)N(Cc1cccc(OC)c1)C(=O)Cc1ccc(Cl)cc1. The minimum absolute atomic E-state index is 0.139. The Bertz CT molecular complexity index is 1040. The van der Waals surface area contributed by atoms with Crippen LogP contribution < -0.4 is 10.1 Å². The van der Waals surface area contributed by atoms with Gasteiger partial charge in [-0.2, -0.15) is 0 Å². The van der Waals surface area contributed by atoms with Crippen molar-refractivity contribution in [3.8, 4) is 5.75 Å². The molecule has 0 aliphatic rings. The minimum Gasteiger partial charge on any atom is -0.497 e. The van der Waals surface area contributed by atoms with Crippen LogP contribution in [0.4, 0.5) is 0 Å². The van der Waals surface area contributed by atoms with Gasteiger partial charge in [-0.3, -0.25) is 9.59 Å². The van der Waals surface area contributed by atoms with Crippen LogP contribution in [0.25, 0.3) is 0 Å². The standard InChI is InChI=1S/C26H27ClN2O3/c1-28-26(31)24(16-19-7-4-3-5-8-19)29(18-21-9-6-10-23(15-21)32-2)25(30)17-20-11-13-22(27)14-12-20/h3-15,24H,16-18H2,1-2H3,(H,28,31)/t24-/m1/s1. The van der Waals surface area contributed by atoms with Crippen LogP contribution in [-0.4, -0.2) is 36.9 Å². The lowest BCUT2D eigenvalue weighted by atomic mass is 10.0. The second kappa shape index (κ2) is 11.3. The second-order valence-corrected chi connectivity index (χ2v) is 7.93. The topological polar surface area (TPSA) is 58.6 Å². The Morgan fingerprint density at radius 1 is 0.938 bits per heavy atom. The first kappa shape index (κ1) is 23.4. The summed E-state index contributed by atoms with van der Waals surface area (Å²) in [6.45, 7) is 0.286. The van der Waals surface area contributed by atoms with Gasteiger partial charge in [-0.15, -0.1) is 0 Å². The summed E-state index contributed by atoms with van der Waals surface area (Å²) in [6, 6.07) is 23.8. The van der Waals surface area contributed by atoms with E-state index in [1.165, 1.54) is 0 Å². The molecule has 1 atom stereocenters. The molecule has 3 aromatic rings. The number of ether oxygens (including phenoxy) is 1. The molecule has 5 nitrogen and oxygen atoms in total. The van der Waals surface area contributed by atoms with E-state index >= 15 is 0 Å². The Morgan fingerprint density at radius 2 is 1.62 bits per heavy atom. The average molecular weight is 451 g/mol. The lowest BCUT2D eigenvalue weighted by Crippen LogP contribution is -2.50. The maximum Gasteiger partial charge on any atom is 0.242 e. The summed E-state index contributed by atoms with van der Waals surface area (Å²) in [5, 5.41) is 3.34. The van der Waals surface area contributed by atoms with Gasteiger partial charge in [-0.25, -0.2) is 0 Å². The van der Waals surface area contributed by atoms with Crippen molar-refractivity contribution in [3.05, 3.63) is 101 Å². The second-order valence-electron chi connectivity index (χ2n) is 7.50. The van der Waals surface area contributed by atoms with Gasteiger partial charge in [0.25, 0.3) is 0 Å². The van der Waals surface area contributed by atoms with Gasteiger partial charge in [0.15, 0.2) is 0 Å². The molecule has 0 bridgehead atoms. The number of carbonyl (C=O) groups is 2. The molecule has 0 aliphatic carbocycles. The van der Waals surface area contributed by atoms with Gasteiger partial charge in [-0.1, -0.05) is 66.2 Å². The van der Waals surface area contributed by atoms with Crippen LogP contribution in [-0.2, 0) is 29.0 Å². The first-order chi connectivity index (χ1) is 15.5. The normalized spacial score (nSPS) is 11.5. The molecule has 0 saturated carbocycles. The van der Waals surface area contributed by atoms with Crippen LogP contribution >= 0.6 is 11.6 Å². The Balaban J connectivity index is 1.94. The van der Waals surface area contributed by atoms with Crippen molar-refractivity contribution < 1.29 is 14.3 Å². The quantitative estimate of drug-likeness (QED) is 0.529. The van der Waals surface area contributed by atoms with E-state index in [9.17, 15) is 9.59 Å². The Morgan fingerprint density at radius 3 is 2.28 bits per heavy atom. The first-order valence-electron chi connectivity index (χ1n) is 10.4. The number of nitrogens with zero attached hydrogens (tertiary/aromatic N) is 1. The molecule has 32 heavy (non-hydrogen) atoms. The van der Waals surface area contributed by atoms with Crippen molar-refractivity contribution in [3.63, 3.8) is 0 Å². The summed E-state index contributed by atoms with van der Waals surface area (Å²) in [5.74, 6) is 0.355. The predicted octanol–water partition coefficient (Wildman–Crippen LogP) is 4.28. The van der Waals surface area contributed by atoms with Crippen molar-refractivity contribution in [1.82, 2.24) is 10.2 Å². The molecule has 3 rings (SSSR count). The highest BCUT2D eigenvalue weighted by Crippen LogP contribution is 2.20. The number of hydrogen-bond acceptors (Lipinski definition) is 3. The summed E-state index contributed by atoms with van der Waals surface area (Å²) in [5.41, 5.74) is 2.71. The number of likely N-dealkylation sites (N-methyl/N-ethyl adjacent to an activating group) is 1. The maximum absolute atomic E-state index is 13.5. The molecule has 0 unspecified atom stereocenters. The van der Waals surface area contributed by atoms with E-state index < -0.39 is 6.04 Å². The van der Waals surface area contributed by atoms with Gasteiger partial charge in [0, 0.05) is 25.0 Å². The molecule has 3 aromatic carbocycles. The molecular weight excluding hydrogens is 424 g/mol. The van der Waals surface area contributed by atoms with Gasteiger partial charge in [0.05, 0.1) is 13.5 Å². The lowest BCUT2D eigenvalue weighted by Gasteiger charge is -2.31. The smallest absolute Gasteiger partial charge is 0.242 e. The number of nitrogens with one attached hydrogen (secondary N) is 1. The Labute approximate surface area is 194 Å². The predicted molar refractivity (Wildman–Crippen MR) is 127 cm³/mol. The van der Waals surface area contributed by atoms with Crippen LogP contribution in [0.15, 0.2) is 78.9 Å². The number of methoxy groups -OCH3 is 1. The summed E-state index contributed by atoms with van der Waals surface area (Å²) in [7, 11) is 3.19. The molecule has 0 fully saturated rings. The van der Waals surface area contributed by atoms with Gasteiger partial charge in [0.1, 0.15) is 11.8 Å². The maximum atomic E-state index is 13.5. The number of amides is 2. The molecule has 2 amide bonds. The highest BCUT2D eigenvalue weighted by Gasteiger charge is 2.29. The largest absolute Gasteiger partial charge is 0.497 e. The van der Waals surface area contributed by atoms with Crippen LogP contribution in [0.5, 0.6) is 5.75 Å². The van der Waals surface area contributed by atoms with Crippen molar-refractivity contribution in [1.29, 1.82) is 0 Å². The average Bonchev–Trinajstić information content (AvgIpc) is 2.83. The van der Waals surface area contributed by atoms with Gasteiger partial charge < -0.3 is 15.0 Å². The number of halogens is 1. The zero-order valence-corrected chi connectivity index (χ0v) is 19.0. The Hall–Kier alpha value is -3.31. The number of hydrogen-bond donors (Lipinski definition) is 1. The highest BCUT2D eigenvalue weighted by molar-refractivity contribution is 6.30. The van der Waals surface area contributed by atoms with Crippen LogP contribution in [0.3, 0.4) is 0 Å². The van der Waals surface area contributed by atoms with Gasteiger partial charge in [0.2, 0.25) is 11.8 Å². The van der Waals surface area contributed by atoms with E-state index in [1.807, 2.05) is 66.7 Å². The molecule has 0 radical (unpaired) electrons. The van der Waals surface area contributed by atoms with Gasteiger partial charge >= 0.3 is 0 Å². The zero-order valence-electron chi connectivity index (χ0n) is 18.3. The third-order valence-electron chi connectivity index (χ3n) is 5.27. The van der Waals surface area contributed by atoms with E-state index in [0.29, 0.717) is 17.2 Å². The lowest BCUT2D eigenvalue weighted by molar-refractivity contribution is -0.140. The van der Waals surface area contributed by atoms with Crippen molar-refractivity contribution >= 4 is 23.4 Å². The fraction of sp³-hybridized carbons (Fsp3) is 0.231. The highest BCUT2D eigenvalue weighted by atomic mass is 35.5. The third-order valence-corrected chi connectivity index (χ3v) is 5.53. The molecule has 0 spiro atoms. The molecule has 0 aliphatic heterocycles. The van der Waals surface area contributed by atoms with Crippen LogP contribution in [0, 0.1) is 0 Å². The van der Waals surface area contributed by atoms with Crippen molar-refractivity contribution in [2.24, 2.45) is 0 Å². The van der Waals surface area contributed by atoms with Gasteiger partial charge in [-0.05, 0) is 41.0 Å². The van der Waals surface area contributed by atoms with E-state index in [4.69, 9.17) is 16.3 Å². The summed E-state index contributed by atoms with van der Waals surface area (Å²) in [4.78, 5) is 28.1. The number of rotatable bonds is 9. The summed E-state index contributed by atoms with van der Waals surface area (Å²) >= 11 is 5.99.